The van der Waals surface area contributed by atoms with Crippen molar-refractivity contribution in [1.29, 1.82) is 0 Å². The third kappa shape index (κ3) is 3.18. The highest BCUT2D eigenvalue weighted by molar-refractivity contribution is 6.32. The van der Waals surface area contributed by atoms with E-state index in [9.17, 15) is 0 Å². The lowest BCUT2D eigenvalue weighted by Crippen LogP contribution is -1.95. The van der Waals surface area contributed by atoms with Crippen molar-refractivity contribution < 1.29 is 9.84 Å². The van der Waals surface area contributed by atoms with Crippen LogP contribution in [0.4, 0.5) is 0 Å². The summed E-state index contributed by atoms with van der Waals surface area (Å²) in [5.74, 6) is 1.00. The van der Waals surface area contributed by atoms with Crippen molar-refractivity contribution in [2.24, 2.45) is 0 Å². The first-order chi connectivity index (χ1) is 9.01. The van der Waals surface area contributed by atoms with Crippen LogP contribution < -0.4 is 4.74 Å². The number of nitrogens with zero attached hydrogens (tertiary/aromatic N) is 1. The second kappa shape index (κ2) is 5.78. The smallest absolute Gasteiger partial charge is 0.238 e. The minimum atomic E-state index is -0.105. The Kier molecular flexibility index (Phi) is 4.30. The maximum Gasteiger partial charge on any atom is 0.238 e. The molecule has 0 atom stereocenters. The van der Waals surface area contributed by atoms with Gasteiger partial charge in [-0.15, -0.1) is 0 Å². The summed E-state index contributed by atoms with van der Waals surface area (Å²) in [7, 11) is 0. The van der Waals surface area contributed by atoms with Gasteiger partial charge in [-0.3, -0.25) is 0 Å². The van der Waals surface area contributed by atoms with Crippen LogP contribution in [0.3, 0.4) is 0 Å². The number of rotatable bonds is 3. The van der Waals surface area contributed by atoms with E-state index in [1.165, 1.54) is 6.20 Å². The fraction of sp³-hybridized carbons (Fsp3) is 0.214. The standard InChI is InChI=1S/C14H13Cl2NO2/c1-8-3-11(15)4-9(2)13(8)19-14-12(16)5-10(7-18)6-17-14/h3-6,18H,7H2,1-2H3. The van der Waals surface area contributed by atoms with Gasteiger partial charge in [-0.05, 0) is 48.7 Å². The molecular weight excluding hydrogens is 285 g/mol. The van der Waals surface area contributed by atoms with Crippen molar-refractivity contribution in [2.75, 3.05) is 0 Å². The Balaban J connectivity index is 2.36. The van der Waals surface area contributed by atoms with Crippen molar-refractivity contribution in [3.63, 3.8) is 0 Å². The molecule has 2 rings (SSSR count). The van der Waals surface area contributed by atoms with E-state index in [-0.39, 0.29) is 6.61 Å². The average molecular weight is 298 g/mol. The van der Waals surface area contributed by atoms with Crippen molar-refractivity contribution in [2.45, 2.75) is 20.5 Å². The molecule has 0 spiro atoms. The van der Waals surface area contributed by atoms with Crippen LogP contribution in [-0.4, -0.2) is 10.1 Å². The van der Waals surface area contributed by atoms with E-state index >= 15 is 0 Å². The van der Waals surface area contributed by atoms with E-state index in [2.05, 4.69) is 4.98 Å². The SMILES string of the molecule is Cc1cc(Cl)cc(C)c1Oc1ncc(CO)cc1Cl. The lowest BCUT2D eigenvalue weighted by molar-refractivity contribution is 0.281. The van der Waals surface area contributed by atoms with E-state index in [4.69, 9.17) is 33.0 Å². The number of benzene rings is 1. The Labute approximate surface area is 121 Å². The van der Waals surface area contributed by atoms with Crippen LogP contribution in [0.5, 0.6) is 11.6 Å². The fourth-order valence-corrected chi connectivity index (χ4v) is 2.34. The summed E-state index contributed by atoms with van der Waals surface area (Å²) < 4.78 is 5.74. The molecule has 0 bridgehead atoms. The van der Waals surface area contributed by atoms with Gasteiger partial charge in [0.05, 0.1) is 6.61 Å². The summed E-state index contributed by atoms with van der Waals surface area (Å²) in [5, 5.41) is 10.0. The second-order valence-corrected chi connectivity index (χ2v) is 5.10. The van der Waals surface area contributed by atoms with Crippen molar-refractivity contribution in [3.05, 3.63) is 51.1 Å². The van der Waals surface area contributed by atoms with E-state index in [1.807, 2.05) is 26.0 Å². The van der Waals surface area contributed by atoms with Gasteiger partial charge in [0.25, 0.3) is 0 Å². The normalized spacial score (nSPS) is 10.6. The van der Waals surface area contributed by atoms with Gasteiger partial charge in [0.15, 0.2) is 0 Å². The van der Waals surface area contributed by atoms with Crippen LogP contribution in [0, 0.1) is 13.8 Å². The number of aliphatic hydroxyl groups is 1. The summed E-state index contributed by atoms with van der Waals surface area (Å²) in [6.45, 7) is 3.71. The molecule has 0 aliphatic rings. The Morgan fingerprint density at radius 1 is 1.16 bits per heavy atom. The van der Waals surface area contributed by atoms with Crippen LogP contribution in [0.25, 0.3) is 0 Å². The van der Waals surface area contributed by atoms with Gasteiger partial charge >= 0.3 is 0 Å². The van der Waals surface area contributed by atoms with Gasteiger partial charge in [0.1, 0.15) is 10.8 Å². The molecule has 19 heavy (non-hydrogen) atoms. The van der Waals surface area contributed by atoms with Crippen LogP contribution in [0.2, 0.25) is 10.0 Å². The van der Waals surface area contributed by atoms with Gasteiger partial charge in [0, 0.05) is 11.2 Å². The number of aliphatic hydroxyl groups excluding tert-OH is 1. The molecule has 1 N–H and O–H groups in total. The molecule has 0 amide bonds. The average Bonchev–Trinajstić information content (AvgIpc) is 2.35. The van der Waals surface area contributed by atoms with Gasteiger partial charge in [-0.1, -0.05) is 23.2 Å². The Hall–Kier alpha value is -1.29. The number of pyridine rings is 1. The number of hydrogen-bond donors (Lipinski definition) is 1. The molecule has 1 heterocycles. The minimum Gasteiger partial charge on any atom is -0.437 e. The highest BCUT2D eigenvalue weighted by Crippen LogP contribution is 2.33. The third-order valence-corrected chi connectivity index (χ3v) is 3.16. The lowest BCUT2D eigenvalue weighted by Gasteiger charge is -2.12. The monoisotopic (exact) mass is 297 g/mol. The molecule has 1 aromatic heterocycles. The van der Waals surface area contributed by atoms with Crippen molar-refractivity contribution in [3.8, 4) is 11.6 Å². The van der Waals surface area contributed by atoms with Crippen LogP contribution in [0.15, 0.2) is 24.4 Å². The zero-order valence-electron chi connectivity index (χ0n) is 10.6. The van der Waals surface area contributed by atoms with Crippen molar-refractivity contribution >= 4 is 23.2 Å². The Morgan fingerprint density at radius 3 is 2.32 bits per heavy atom. The van der Waals surface area contributed by atoms with Gasteiger partial charge in [-0.25, -0.2) is 4.98 Å². The first kappa shape index (κ1) is 14.1. The first-order valence-electron chi connectivity index (χ1n) is 5.71. The lowest BCUT2D eigenvalue weighted by atomic mass is 10.1. The number of halogens is 2. The molecule has 0 saturated carbocycles. The van der Waals surface area contributed by atoms with Crippen LogP contribution in [0.1, 0.15) is 16.7 Å². The van der Waals surface area contributed by atoms with Crippen LogP contribution in [-0.2, 0) is 6.61 Å². The molecule has 100 valence electrons. The van der Waals surface area contributed by atoms with Gasteiger partial charge < -0.3 is 9.84 Å². The molecule has 2 aromatic rings. The minimum absolute atomic E-state index is 0.105. The van der Waals surface area contributed by atoms with Gasteiger partial charge in [-0.2, -0.15) is 0 Å². The molecule has 0 fully saturated rings. The summed E-state index contributed by atoms with van der Waals surface area (Å²) in [6, 6.07) is 5.27. The third-order valence-electron chi connectivity index (χ3n) is 2.67. The number of aryl methyl sites for hydroxylation is 2. The summed E-state index contributed by atoms with van der Waals surface area (Å²) >= 11 is 12.0. The predicted octanol–water partition coefficient (Wildman–Crippen LogP) is 4.29. The molecule has 0 radical (unpaired) electrons. The molecule has 0 saturated heterocycles. The fourth-order valence-electron chi connectivity index (χ4n) is 1.78. The molecule has 0 aliphatic heterocycles. The van der Waals surface area contributed by atoms with E-state index in [0.29, 0.717) is 27.2 Å². The Bertz CT molecular complexity index is 591. The quantitative estimate of drug-likeness (QED) is 0.919. The van der Waals surface area contributed by atoms with Crippen molar-refractivity contribution in [1.82, 2.24) is 4.98 Å². The van der Waals surface area contributed by atoms with E-state index < -0.39 is 0 Å². The summed E-state index contributed by atoms with van der Waals surface area (Å²) in [6.07, 6.45) is 1.53. The predicted molar refractivity (Wildman–Crippen MR) is 76.2 cm³/mol. The number of aromatic nitrogens is 1. The number of hydrogen-bond acceptors (Lipinski definition) is 3. The molecule has 5 heteroatoms. The zero-order valence-corrected chi connectivity index (χ0v) is 12.1. The van der Waals surface area contributed by atoms with E-state index in [0.717, 1.165) is 11.1 Å². The van der Waals surface area contributed by atoms with E-state index in [1.54, 1.807) is 6.07 Å². The maximum absolute atomic E-state index is 9.01. The zero-order chi connectivity index (χ0) is 14.0. The first-order valence-corrected chi connectivity index (χ1v) is 6.46. The van der Waals surface area contributed by atoms with Gasteiger partial charge in [0.2, 0.25) is 5.88 Å². The highest BCUT2D eigenvalue weighted by Gasteiger charge is 2.11. The second-order valence-electron chi connectivity index (χ2n) is 4.26. The number of ether oxygens (including phenoxy) is 1. The largest absolute Gasteiger partial charge is 0.437 e. The molecule has 1 aromatic carbocycles. The molecule has 0 unspecified atom stereocenters. The Morgan fingerprint density at radius 2 is 1.79 bits per heavy atom. The highest BCUT2D eigenvalue weighted by atomic mass is 35.5. The molecule has 0 aliphatic carbocycles. The maximum atomic E-state index is 9.01. The topological polar surface area (TPSA) is 42.4 Å². The summed E-state index contributed by atoms with van der Waals surface area (Å²) in [5.41, 5.74) is 2.46. The van der Waals surface area contributed by atoms with Crippen LogP contribution >= 0.6 is 23.2 Å². The summed E-state index contributed by atoms with van der Waals surface area (Å²) in [4.78, 5) is 4.10. The molecular formula is C14H13Cl2NO2. The molecule has 3 nitrogen and oxygen atoms in total.